The first kappa shape index (κ1) is 32.4. The quantitative estimate of drug-likeness (QED) is 0.107. The molecular weight excluding hydrogens is 656 g/mol. The Bertz CT molecular complexity index is 2000. The first-order chi connectivity index (χ1) is 24.2. The van der Waals surface area contributed by atoms with Crippen LogP contribution in [0.25, 0.3) is 10.4 Å². The fourth-order valence-corrected chi connectivity index (χ4v) is 8.53. The molecule has 4 aliphatic rings. The van der Waals surface area contributed by atoms with Crippen molar-refractivity contribution in [1.29, 1.82) is 0 Å². The van der Waals surface area contributed by atoms with Gasteiger partial charge in [-0.1, -0.05) is 0 Å². The number of nitrogens with one attached hydrogen (secondary N) is 1. The molecule has 0 atom stereocenters. The van der Waals surface area contributed by atoms with Crippen LogP contribution in [0.15, 0.2) is 65.9 Å². The van der Waals surface area contributed by atoms with Crippen molar-refractivity contribution in [2.45, 2.75) is 45.1 Å². The second-order valence-electron chi connectivity index (χ2n) is 13.8. The van der Waals surface area contributed by atoms with Gasteiger partial charge in [-0.05, 0) is 105 Å². The molecule has 4 aromatic rings. The summed E-state index contributed by atoms with van der Waals surface area (Å²) in [7, 11) is 0. The molecule has 258 valence electrons. The number of ether oxygens (including phenoxy) is 1. The summed E-state index contributed by atoms with van der Waals surface area (Å²) in [5, 5.41) is 8.61. The smallest absolute Gasteiger partial charge is 0.259 e. The van der Waals surface area contributed by atoms with Crippen LogP contribution in [-0.4, -0.2) is 66.5 Å². The molecule has 0 radical (unpaired) electrons. The average Bonchev–Trinajstić information content (AvgIpc) is 3.90. The number of fused-ring (bicyclic) bond motifs is 3. The number of amides is 2. The Balaban J connectivity index is 1.000. The number of nitrogens with zero attached hydrogens (tertiary/aromatic N) is 5. The number of pyridine rings is 1. The fourth-order valence-electron chi connectivity index (χ4n) is 7.28. The lowest BCUT2D eigenvalue weighted by Crippen LogP contribution is -2.59. The van der Waals surface area contributed by atoms with Crippen LogP contribution in [0.1, 0.15) is 62.4 Å². The molecule has 3 aliphatic heterocycles. The molecule has 2 saturated heterocycles. The Labute approximate surface area is 293 Å². The highest BCUT2D eigenvalue weighted by molar-refractivity contribution is 7.17. The molecule has 50 heavy (non-hydrogen) atoms. The third-order valence-corrected chi connectivity index (χ3v) is 11.4. The highest BCUT2D eigenvalue weighted by atomic mass is 32.1. The molecule has 13 heteroatoms. The third-order valence-electron chi connectivity index (χ3n) is 10.2. The van der Waals surface area contributed by atoms with Crippen LogP contribution in [0.2, 0.25) is 0 Å². The van der Waals surface area contributed by atoms with Crippen LogP contribution in [-0.2, 0) is 11.2 Å². The second-order valence-corrected chi connectivity index (χ2v) is 14.9. The van der Waals surface area contributed by atoms with Gasteiger partial charge in [-0.15, -0.1) is 11.3 Å². The van der Waals surface area contributed by atoms with E-state index in [0.717, 1.165) is 78.4 Å². The number of hydrazone groups is 1. The van der Waals surface area contributed by atoms with Crippen LogP contribution in [0.4, 0.5) is 21.6 Å². The van der Waals surface area contributed by atoms with E-state index in [1.807, 2.05) is 19.1 Å². The summed E-state index contributed by atoms with van der Waals surface area (Å²) < 4.78 is 20.3. The summed E-state index contributed by atoms with van der Waals surface area (Å²) in [5.74, 6) is 12.3. The van der Waals surface area contributed by atoms with E-state index in [1.165, 1.54) is 23.5 Å². The van der Waals surface area contributed by atoms with E-state index in [0.29, 0.717) is 47.1 Å². The Morgan fingerprint density at radius 1 is 1.10 bits per heavy atom. The van der Waals surface area contributed by atoms with Gasteiger partial charge in [0.1, 0.15) is 11.6 Å². The fraction of sp³-hybridized carbons (Fsp3) is 0.351. The molecule has 0 unspecified atom stereocenters. The van der Waals surface area contributed by atoms with Crippen molar-refractivity contribution in [1.82, 2.24) is 9.99 Å². The number of hydrogen-bond acceptors (Lipinski definition) is 9. The molecule has 3 fully saturated rings. The topological polar surface area (TPSA) is 142 Å². The van der Waals surface area contributed by atoms with Crippen LogP contribution in [0.3, 0.4) is 0 Å². The first-order valence-electron chi connectivity index (χ1n) is 17.0. The molecule has 2 aromatic heterocycles. The maximum atomic E-state index is 14.7. The monoisotopic (exact) mass is 694 g/mol. The van der Waals surface area contributed by atoms with Gasteiger partial charge >= 0.3 is 0 Å². The number of carbonyl (C=O) groups excluding carboxylic acids is 2. The van der Waals surface area contributed by atoms with E-state index in [4.69, 9.17) is 16.4 Å². The number of aromatic nitrogens is 1. The Morgan fingerprint density at radius 2 is 1.86 bits per heavy atom. The average molecular weight is 695 g/mol. The summed E-state index contributed by atoms with van der Waals surface area (Å²) in [6, 6.07) is 15.4. The number of thiophene rings is 1. The SMILES string of the molecule is Cc1cnc(N2CC3(CCOCC3)C2)c(C(=O)Nc2ccc(C(=O)N3CCc4cc(/C(=N/N)N(N)C5CC5)sc4-c4ccc(F)cc43)cc2)c1. The van der Waals surface area contributed by atoms with Crippen LogP contribution >= 0.6 is 11.3 Å². The highest BCUT2D eigenvalue weighted by Crippen LogP contribution is 2.44. The summed E-state index contributed by atoms with van der Waals surface area (Å²) in [5.41, 5.74) is 4.89. The minimum absolute atomic E-state index is 0.223. The zero-order valence-electron chi connectivity index (χ0n) is 27.8. The van der Waals surface area contributed by atoms with Gasteiger partial charge in [-0.25, -0.2) is 15.2 Å². The van der Waals surface area contributed by atoms with Gasteiger partial charge in [0.25, 0.3) is 11.8 Å². The van der Waals surface area contributed by atoms with Gasteiger partial charge in [0.15, 0.2) is 5.84 Å². The molecule has 2 aromatic carbocycles. The number of amidine groups is 1. The number of hydrogen-bond donors (Lipinski definition) is 3. The highest BCUT2D eigenvalue weighted by Gasteiger charge is 2.45. The Hall–Kier alpha value is -4.85. The molecule has 5 N–H and O–H groups in total. The Morgan fingerprint density at radius 3 is 2.58 bits per heavy atom. The normalized spacial score (nSPS) is 18.2. The van der Waals surface area contributed by atoms with Gasteiger partial charge in [-0.3, -0.25) is 14.6 Å². The van der Waals surface area contributed by atoms with Crippen LogP contribution in [0.5, 0.6) is 0 Å². The maximum absolute atomic E-state index is 14.7. The lowest BCUT2D eigenvalue weighted by molar-refractivity contribution is -0.000510. The molecule has 1 spiro atoms. The van der Waals surface area contributed by atoms with Crippen molar-refractivity contribution in [3.8, 4) is 10.4 Å². The van der Waals surface area contributed by atoms with E-state index in [9.17, 15) is 14.0 Å². The minimum atomic E-state index is -0.433. The zero-order valence-corrected chi connectivity index (χ0v) is 28.6. The predicted octanol–water partition coefficient (Wildman–Crippen LogP) is 5.29. The number of rotatable bonds is 6. The van der Waals surface area contributed by atoms with Crippen molar-refractivity contribution in [2.24, 2.45) is 22.2 Å². The summed E-state index contributed by atoms with van der Waals surface area (Å²) >= 11 is 1.49. The van der Waals surface area contributed by atoms with E-state index in [-0.39, 0.29) is 23.3 Å². The maximum Gasteiger partial charge on any atom is 0.259 e. The molecule has 0 bridgehead atoms. The standard InChI is InChI=1S/C37H39FN8O3S/c1-22-16-29(33(41-19-22)44-20-37(21-44)11-14-49-15-12-37)35(47)42-26-5-2-23(3-6-26)36(48)45-13-10-24-17-31(34(43-39)46(40)27-7-8-27)50-32(24)28-9-4-25(38)18-30(28)45/h2-6,9,16-19,27H,7-8,10-15,20-21,39-40H2,1H3,(H,42,47)/b43-34-. The van der Waals surface area contributed by atoms with Crippen molar-refractivity contribution >= 4 is 46.2 Å². The molecule has 1 aliphatic carbocycles. The summed E-state index contributed by atoms with van der Waals surface area (Å²) in [6.45, 7) is 5.53. The molecule has 8 rings (SSSR count). The van der Waals surface area contributed by atoms with Crippen molar-refractivity contribution in [3.63, 3.8) is 0 Å². The summed E-state index contributed by atoms with van der Waals surface area (Å²) in [6.07, 6.45) is 6.37. The van der Waals surface area contributed by atoms with E-state index in [1.54, 1.807) is 46.4 Å². The number of anilines is 3. The first-order valence-corrected chi connectivity index (χ1v) is 17.8. The third kappa shape index (κ3) is 5.99. The number of hydrazine groups is 1. The van der Waals surface area contributed by atoms with E-state index < -0.39 is 5.82 Å². The lowest BCUT2D eigenvalue weighted by Gasteiger charge is -2.53. The zero-order chi connectivity index (χ0) is 34.6. The number of benzene rings is 2. The van der Waals surface area contributed by atoms with Crippen molar-refractivity contribution in [2.75, 3.05) is 48.0 Å². The largest absolute Gasteiger partial charge is 0.381 e. The molecule has 5 heterocycles. The van der Waals surface area contributed by atoms with E-state index >= 15 is 0 Å². The number of aryl methyl sites for hydroxylation is 1. The minimum Gasteiger partial charge on any atom is -0.381 e. The Kier molecular flexibility index (Phi) is 8.28. The molecular formula is C37H39FN8O3S. The summed E-state index contributed by atoms with van der Waals surface area (Å²) in [4.78, 5) is 37.8. The molecule has 1 saturated carbocycles. The van der Waals surface area contributed by atoms with Gasteiger partial charge < -0.3 is 25.7 Å². The van der Waals surface area contributed by atoms with Gasteiger partial charge in [0.05, 0.1) is 16.1 Å². The van der Waals surface area contributed by atoms with Crippen molar-refractivity contribution in [3.05, 3.63) is 93.7 Å². The van der Waals surface area contributed by atoms with Crippen LogP contribution < -0.4 is 26.8 Å². The molecule has 11 nitrogen and oxygen atoms in total. The van der Waals surface area contributed by atoms with Gasteiger partial charge in [-0.2, -0.15) is 5.10 Å². The number of halogens is 1. The molecule has 2 amide bonds. The number of carbonyl (C=O) groups is 2. The van der Waals surface area contributed by atoms with Gasteiger partial charge in [0, 0.05) is 72.2 Å². The number of nitrogens with two attached hydrogens (primary N) is 2. The van der Waals surface area contributed by atoms with Crippen LogP contribution in [0, 0.1) is 18.2 Å². The predicted molar refractivity (Wildman–Crippen MR) is 193 cm³/mol. The van der Waals surface area contributed by atoms with Gasteiger partial charge in [0.2, 0.25) is 0 Å². The van der Waals surface area contributed by atoms with E-state index in [2.05, 4.69) is 20.3 Å². The lowest BCUT2D eigenvalue weighted by atomic mass is 9.73. The second kappa shape index (κ2) is 12.8. The van der Waals surface area contributed by atoms with Crippen molar-refractivity contribution < 1.29 is 18.7 Å².